The molecule has 4 N–H and O–H groups in total. The number of hydrogen-bond acceptors (Lipinski definition) is 5. The molecule has 1 atom stereocenters. The monoisotopic (exact) mass is 398 g/mol. The number of aliphatic hydroxyl groups excluding tert-OH is 1. The van der Waals surface area contributed by atoms with Crippen LogP contribution in [-0.4, -0.2) is 59.9 Å². The van der Waals surface area contributed by atoms with Gasteiger partial charge in [0.05, 0.1) is 18.2 Å². The smallest absolute Gasteiger partial charge is 0.419 e. The lowest BCUT2D eigenvalue weighted by molar-refractivity contribution is -0.132. The first-order valence-electron chi connectivity index (χ1n) is 8.46. The summed E-state index contributed by atoms with van der Waals surface area (Å²) in [5.74, 6) is -0.542. The lowest BCUT2D eigenvalue weighted by atomic mass is 10.2. The normalized spacial score (nSPS) is 18.3. The van der Waals surface area contributed by atoms with E-state index in [1.807, 2.05) is 0 Å². The van der Waals surface area contributed by atoms with Gasteiger partial charge in [0, 0.05) is 19.3 Å². The molecule has 0 aromatic heterocycles. The lowest BCUT2D eigenvalue weighted by Gasteiger charge is -2.16. The first-order valence-corrected chi connectivity index (χ1v) is 8.46. The number of nitrogens with two attached hydrogens (primary N) is 1. The second-order valence-corrected chi connectivity index (χ2v) is 6.13. The molecule has 0 saturated carbocycles. The number of aliphatic hydroxyl groups is 1. The van der Waals surface area contributed by atoms with Gasteiger partial charge in [0.2, 0.25) is 0 Å². The minimum absolute atomic E-state index is 0.0942. The number of hydrogen-bond donors (Lipinski definition) is 3. The number of benzene rings is 1. The number of carbonyl (C=O) groups excluding carboxylic acids is 1. The standard InChI is InChI=1S/C18H21F3N4O3/c19-18(20,21)15(5-7-22)17(23)24-13-6-8-25(9-13)16(27)11-28-14-3-1-12(10-26)2-4-14/h1-5,7,13,22,26H,6,8-11H2,(H2,23,24)/b15-5+,22-7?. The van der Waals surface area contributed by atoms with Gasteiger partial charge in [0.25, 0.3) is 5.91 Å². The van der Waals surface area contributed by atoms with Crippen LogP contribution in [0.15, 0.2) is 40.9 Å². The molecule has 1 aliphatic heterocycles. The Hall–Kier alpha value is -2.88. The van der Waals surface area contributed by atoms with E-state index in [9.17, 15) is 18.0 Å². The number of likely N-dealkylation sites (tertiary alicyclic amines) is 1. The molecule has 1 amide bonds. The zero-order chi connectivity index (χ0) is 20.7. The summed E-state index contributed by atoms with van der Waals surface area (Å²) in [6.07, 6.45) is -3.28. The Kier molecular flexibility index (Phi) is 7.16. The van der Waals surface area contributed by atoms with Crippen LogP contribution in [0.5, 0.6) is 5.75 Å². The van der Waals surface area contributed by atoms with E-state index in [1.54, 1.807) is 24.3 Å². The number of allylic oxidation sites excluding steroid dienone is 1. The van der Waals surface area contributed by atoms with E-state index in [-0.39, 0.29) is 25.7 Å². The number of nitrogens with one attached hydrogen (secondary N) is 1. The minimum atomic E-state index is -4.71. The van der Waals surface area contributed by atoms with Crippen molar-refractivity contribution in [3.05, 3.63) is 41.5 Å². The van der Waals surface area contributed by atoms with Gasteiger partial charge < -0.3 is 25.9 Å². The Morgan fingerprint density at radius 1 is 1.39 bits per heavy atom. The van der Waals surface area contributed by atoms with Crippen molar-refractivity contribution in [2.24, 2.45) is 10.7 Å². The highest BCUT2D eigenvalue weighted by Crippen LogP contribution is 2.26. The summed E-state index contributed by atoms with van der Waals surface area (Å²) < 4.78 is 44.1. The minimum Gasteiger partial charge on any atom is -0.484 e. The van der Waals surface area contributed by atoms with Gasteiger partial charge in [0.1, 0.15) is 11.6 Å². The van der Waals surface area contributed by atoms with Crippen molar-refractivity contribution in [1.29, 1.82) is 5.41 Å². The molecule has 0 bridgehead atoms. The van der Waals surface area contributed by atoms with E-state index in [0.717, 1.165) is 0 Å². The van der Waals surface area contributed by atoms with Crippen LogP contribution in [0.4, 0.5) is 13.2 Å². The van der Waals surface area contributed by atoms with E-state index in [0.29, 0.717) is 36.6 Å². The highest BCUT2D eigenvalue weighted by molar-refractivity contribution is 6.01. The molecule has 0 spiro atoms. The summed E-state index contributed by atoms with van der Waals surface area (Å²) in [6, 6.07) is 6.05. The van der Waals surface area contributed by atoms with Crippen LogP contribution in [0, 0.1) is 5.41 Å². The third-order valence-corrected chi connectivity index (χ3v) is 4.14. The van der Waals surface area contributed by atoms with Gasteiger partial charge in [-0.15, -0.1) is 0 Å². The van der Waals surface area contributed by atoms with Crippen LogP contribution in [0.25, 0.3) is 0 Å². The quantitative estimate of drug-likeness (QED) is 0.479. The van der Waals surface area contributed by atoms with E-state index < -0.39 is 23.6 Å². The van der Waals surface area contributed by atoms with E-state index in [1.165, 1.54) is 4.90 Å². The average Bonchev–Trinajstić information content (AvgIpc) is 3.12. The van der Waals surface area contributed by atoms with Crippen LogP contribution in [0.3, 0.4) is 0 Å². The highest BCUT2D eigenvalue weighted by Gasteiger charge is 2.36. The molecular formula is C18H21F3N4O3. The predicted octanol–water partition coefficient (Wildman–Crippen LogP) is 1.65. The first kappa shape index (κ1) is 21.4. The number of amidine groups is 1. The highest BCUT2D eigenvalue weighted by atomic mass is 19.4. The molecule has 1 fully saturated rings. The summed E-state index contributed by atoms with van der Waals surface area (Å²) in [5, 5.41) is 15.8. The summed E-state index contributed by atoms with van der Waals surface area (Å²) >= 11 is 0. The van der Waals surface area contributed by atoms with Crippen molar-refractivity contribution in [3.63, 3.8) is 0 Å². The van der Waals surface area contributed by atoms with Crippen LogP contribution < -0.4 is 10.5 Å². The number of carbonyl (C=O) groups is 1. The summed E-state index contributed by atoms with van der Waals surface area (Å²) in [6.45, 7) is 0.166. The molecule has 1 unspecified atom stereocenters. The van der Waals surface area contributed by atoms with Crippen molar-refractivity contribution in [1.82, 2.24) is 4.90 Å². The first-order chi connectivity index (χ1) is 13.2. The van der Waals surface area contributed by atoms with Crippen molar-refractivity contribution < 1.29 is 27.8 Å². The van der Waals surface area contributed by atoms with Crippen molar-refractivity contribution in [2.75, 3.05) is 19.7 Å². The maximum absolute atomic E-state index is 12.9. The fourth-order valence-electron chi connectivity index (χ4n) is 2.68. The van der Waals surface area contributed by atoms with Crippen LogP contribution in [0.1, 0.15) is 12.0 Å². The molecule has 1 aromatic carbocycles. The van der Waals surface area contributed by atoms with Gasteiger partial charge in [-0.25, -0.2) is 0 Å². The van der Waals surface area contributed by atoms with Crippen LogP contribution in [-0.2, 0) is 11.4 Å². The number of amides is 1. The largest absolute Gasteiger partial charge is 0.484 e. The number of alkyl halides is 3. The van der Waals surface area contributed by atoms with Gasteiger partial charge in [-0.1, -0.05) is 12.1 Å². The molecule has 0 radical (unpaired) electrons. The van der Waals surface area contributed by atoms with E-state index in [4.69, 9.17) is 21.0 Å². The Labute approximate surface area is 159 Å². The molecule has 7 nitrogen and oxygen atoms in total. The summed E-state index contributed by atoms with van der Waals surface area (Å²) in [5.41, 5.74) is 5.00. The molecule has 2 rings (SSSR count). The van der Waals surface area contributed by atoms with Crippen LogP contribution >= 0.6 is 0 Å². The summed E-state index contributed by atoms with van der Waals surface area (Å²) in [4.78, 5) is 17.6. The van der Waals surface area contributed by atoms with Gasteiger partial charge in [-0.3, -0.25) is 9.79 Å². The Bertz CT molecular complexity index is 760. The molecule has 1 aliphatic rings. The second kappa shape index (κ2) is 9.36. The van der Waals surface area contributed by atoms with Gasteiger partial charge in [0.15, 0.2) is 6.61 Å². The second-order valence-electron chi connectivity index (χ2n) is 6.13. The number of aliphatic imine (C=N–C) groups is 1. The maximum atomic E-state index is 12.9. The van der Waals surface area contributed by atoms with Gasteiger partial charge >= 0.3 is 6.18 Å². The van der Waals surface area contributed by atoms with E-state index >= 15 is 0 Å². The molecule has 10 heteroatoms. The third kappa shape index (κ3) is 5.81. The number of rotatable bonds is 7. The Morgan fingerprint density at radius 2 is 2.07 bits per heavy atom. The van der Waals surface area contributed by atoms with E-state index in [2.05, 4.69) is 4.99 Å². The Balaban J connectivity index is 1.92. The molecule has 0 aliphatic carbocycles. The molecule has 1 saturated heterocycles. The molecule has 28 heavy (non-hydrogen) atoms. The number of halogens is 3. The Morgan fingerprint density at radius 3 is 2.64 bits per heavy atom. The number of ether oxygens (including phenoxy) is 1. The molecule has 1 aromatic rings. The lowest BCUT2D eigenvalue weighted by Crippen LogP contribution is -2.34. The SMILES string of the molecule is N=C/C=C(\C(N)=NC1CCN(C(=O)COc2ccc(CO)cc2)C1)C(F)(F)F. The zero-order valence-electron chi connectivity index (χ0n) is 14.9. The molecule has 152 valence electrons. The van der Waals surface area contributed by atoms with Crippen molar-refractivity contribution >= 4 is 18.0 Å². The van der Waals surface area contributed by atoms with Crippen molar-refractivity contribution in [2.45, 2.75) is 25.2 Å². The number of nitrogens with zero attached hydrogens (tertiary/aromatic N) is 2. The summed E-state index contributed by atoms with van der Waals surface area (Å²) in [7, 11) is 0. The van der Waals surface area contributed by atoms with Crippen LogP contribution in [0.2, 0.25) is 0 Å². The fraction of sp³-hybridized carbons (Fsp3) is 0.389. The predicted molar refractivity (Wildman–Crippen MR) is 97.4 cm³/mol. The fourth-order valence-corrected chi connectivity index (χ4v) is 2.68. The van der Waals surface area contributed by atoms with Crippen molar-refractivity contribution in [3.8, 4) is 5.75 Å². The average molecular weight is 398 g/mol. The molecular weight excluding hydrogens is 377 g/mol. The molecule has 1 heterocycles. The topological polar surface area (TPSA) is 112 Å². The van der Waals surface area contributed by atoms with Gasteiger partial charge in [-0.05, 0) is 30.2 Å². The van der Waals surface area contributed by atoms with Gasteiger partial charge in [-0.2, -0.15) is 13.2 Å². The zero-order valence-corrected chi connectivity index (χ0v) is 14.9. The maximum Gasteiger partial charge on any atom is 0.419 e. The third-order valence-electron chi connectivity index (χ3n) is 4.14.